The molecule has 0 bridgehead atoms. The second kappa shape index (κ2) is 4.20. The van der Waals surface area contributed by atoms with Gasteiger partial charge in [-0.15, -0.1) is 10.2 Å². The van der Waals surface area contributed by atoms with E-state index in [-0.39, 0.29) is 0 Å². The first-order valence-electron chi connectivity index (χ1n) is 5.98. The molecule has 0 saturated heterocycles. The van der Waals surface area contributed by atoms with E-state index < -0.39 is 0 Å². The predicted molar refractivity (Wildman–Crippen MR) is 64.5 cm³/mol. The average Bonchev–Trinajstić information content (AvgIpc) is 3.07. The lowest BCUT2D eigenvalue weighted by Crippen LogP contribution is -1.93. The molecule has 1 aromatic heterocycles. The lowest BCUT2D eigenvalue weighted by molar-refractivity contribution is 0.450. The number of nitrogens with two attached hydrogens (primary N) is 1. The lowest BCUT2D eigenvalue weighted by atomic mass is 10.1. The van der Waals surface area contributed by atoms with Gasteiger partial charge in [-0.2, -0.15) is 0 Å². The van der Waals surface area contributed by atoms with Gasteiger partial charge < -0.3 is 10.2 Å². The van der Waals surface area contributed by atoms with Crippen molar-refractivity contribution in [2.75, 3.05) is 5.73 Å². The van der Waals surface area contributed by atoms with Crippen LogP contribution in [0.3, 0.4) is 0 Å². The normalized spacial score (nSPS) is 15.1. The van der Waals surface area contributed by atoms with Gasteiger partial charge in [-0.1, -0.05) is 12.1 Å². The third kappa shape index (κ3) is 2.46. The molecule has 1 saturated carbocycles. The first-order chi connectivity index (χ1) is 8.31. The highest BCUT2D eigenvalue weighted by Gasteiger charge is 2.29. The predicted octanol–water partition coefficient (Wildman–Crippen LogP) is 2.31. The van der Waals surface area contributed by atoms with Gasteiger partial charge in [0.2, 0.25) is 11.8 Å². The van der Waals surface area contributed by atoms with Gasteiger partial charge in [-0.25, -0.2) is 0 Å². The number of hydrogen-bond acceptors (Lipinski definition) is 4. The number of anilines is 1. The molecule has 0 aliphatic heterocycles. The molecule has 1 aliphatic rings. The van der Waals surface area contributed by atoms with Crippen LogP contribution in [0, 0.1) is 0 Å². The van der Waals surface area contributed by atoms with E-state index in [4.69, 9.17) is 10.2 Å². The fourth-order valence-corrected chi connectivity index (χ4v) is 1.86. The van der Waals surface area contributed by atoms with E-state index in [1.807, 2.05) is 18.2 Å². The number of nitrogen functional groups attached to an aromatic ring is 1. The van der Waals surface area contributed by atoms with Crippen molar-refractivity contribution >= 4 is 5.69 Å². The molecule has 2 aromatic rings. The summed E-state index contributed by atoms with van der Waals surface area (Å²) in [5, 5.41) is 8.13. The summed E-state index contributed by atoms with van der Waals surface area (Å²) < 4.78 is 5.61. The quantitative estimate of drug-likeness (QED) is 0.817. The summed E-state index contributed by atoms with van der Waals surface area (Å²) in [6.07, 6.45) is 4.05. The molecule has 4 nitrogen and oxygen atoms in total. The Morgan fingerprint density at radius 3 is 2.88 bits per heavy atom. The third-order valence-electron chi connectivity index (χ3n) is 2.99. The summed E-state index contributed by atoms with van der Waals surface area (Å²) in [4.78, 5) is 0. The maximum absolute atomic E-state index is 5.73. The number of aromatic nitrogens is 2. The molecule has 0 unspecified atom stereocenters. The molecule has 2 N–H and O–H groups in total. The summed E-state index contributed by atoms with van der Waals surface area (Å²) >= 11 is 0. The standard InChI is InChI=1S/C13H15N3O/c14-11-3-1-2-9(8-11)4-7-12-15-16-13(17-12)10-5-6-10/h1-3,8,10H,4-7,14H2. The van der Waals surface area contributed by atoms with Crippen LogP contribution in [0.25, 0.3) is 0 Å². The van der Waals surface area contributed by atoms with Crippen molar-refractivity contribution in [3.8, 4) is 0 Å². The zero-order chi connectivity index (χ0) is 11.7. The van der Waals surface area contributed by atoms with E-state index in [9.17, 15) is 0 Å². The largest absolute Gasteiger partial charge is 0.425 e. The zero-order valence-electron chi connectivity index (χ0n) is 9.60. The van der Waals surface area contributed by atoms with Crippen molar-refractivity contribution in [1.82, 2.24) is 10.2 Å². The fraction of sp³-hybridized carbons (Fsp3) is 0.385. The molecule has 0 radical (unpaired) electrons. The minimum atomic E-state index is 0.531. The lowest BCUT2D eigenvalue weighted by Gasteiger charge is -1.99. The third-order valence-corrected chi connectivity index (χ3v) is 2.99. The summed E-state index contributed by atoms with van der Waals surface area (Å²) in [6.45, 7) is 0. The number of aryl methyl sites for hydroxylation is 2. The highest BCUT2D eigenvalue weighted by molar-refractivity contribution is 5.40. The topological polar surface area (TPSA) is 64.9 Å². The van der Waals surface area contributed by atoms with Gasteiger partial charge in [0, 0.05) is 18.0 Å². The van der Waals surface area contributed by atoms with Gasteiger partial charge in [0.05, 0.1) is 0 Å². The van der Waals surface area contributed by atoms with Gasteiger partial charge >= 0.3 is 0 Å². The Morgan fingerprint density at radius 1 is 1.24 bits per heavy atom. The highest BCUT2D eigenvalue weighted by atomic mass is 16.4. The second-order valence-electron chi connectivity index (χ2n) is 4.55. The number of hydrogen-bond donors (Lipinski definition) is 1. The minimum absolute atomic E-state index is 0.531. The van der Waals surface area contributed by atoms with Gasteiger partial charge in [0.1, 0.15) is 0 Å². The van der Waals surface area contributed by atoms with E-state index in [1.54, 1.807) is 0 Å². The molecule has 1 aromatic carbocycles. The maximum Gasteiger partial charge on any atom is 0.219 e. The number of benzene rings is 1. The molecule has 1 fully saturated rings. The van der Waals surface area contributed by atoms with Crippen LogP contribution in [0.15, 0.2) is 28.7 Å². The van der Waals surface area contributed by atoms with Crippen LogP contribution in [-0.4, -0.2) is 10.2 Å². The molecule has 1 heterocycles. The van der Waals surface area contributed by atoms with Crippen LogP contribution in [0.1, 0.15) is 36.1 Å². The average molecular weight is 229 g/mol. The Morgan fingerprint density at radius 2 is 2.12 bits per heavy atom. The molecular formula is C13H15N3O. The smallest absolute Gasteiger partial charge is 0.219 e. The van der Waals surface area contributed by atoms with Crippen LogP contribution in [-0.2, 0) is 12.8 Å². The molecule has 0 spiro atoms. The molecule has 3 rings (SSSR count). The molecule has 4 heteroatoms. The Labute approximate surface area is 99.8 Å². The number of rotatable bonds is 4. The van der Waals surface area contributed by atoms with Crippen LogP contribution in [0.5, 0.6) is 0 Å². The second-order valence-corrected chi connectivity index (χ2v) is 4.55. The van der Waals surface area contributed by atoms with E-state index in [0.29, 0.717) is 5.92 Å². The fourth-order valence-electron chi connectivity index (χ4n) is 1.86. The molecular weight excluding hydrogens is 214 g/mol. The van der Waals surface area contributed by atoms with Gasteiger partial charge in [0.15, 0.2) is 0 Å². The monoisotopic (exact) mass is 229 g/mol. The van der Waals surface area contributed by atoms with E-state index in [1.165, 1.54) is 18.4 Å². The van der Waals surface area contributed by atoms with Crippen molar-refractivity contribution in [3.63, 3.8) is 0 Å². The van der Waals surface area contributed by atoms with Gasteiger partial charge in [-0.05, 0) is 37.0 Å². The molecule has 0 atom stereocenters. The minimum Gasteiger partial charge on any atom is -0.425 e. The zero-order valence-corrected chi connectivity index (χ0v) is 9.60. The van der Waals surface area contributed by atoms with Crippen LogP contribution < -0.4 is 5.73 Å². The van der Waals surface area contributed by atoms with Crippen LogP contribution >= 0.6 is 0 Å². The Balaban J connectivity index is 1.62. The van der Waals surface area contributed by atoms with E-state index in [2.05, 4.69) is 16.3 Å². The van der Waals surface area contributed by atoms with Gasteiger partial charge in [-0.3, -0.25) is 0 Å². The van der Waals surface area contributed by atoms with Crippen molar-refractivity contribution in [2.24, 2.45) is 0 Å². The van der Waals surface area contributed by atoms with Crippen molar-refractivity contribution < 1.29 is 4.42 Å². The summed E-state index contributed by atoms with van der Waals surface area (Å²) in [5.74, 6) is 2.07. The summed E-state index contributed by atoms with van der Waals surface area (Å²) in [5.41, 5.74) is 7.73. The van der Waals surface area contributed by atoms with Crippen molar-refractivity contribution in [2.45, 2.75) is 31.6 Å². The van der Waals surface area contributed by atoms with Crippen LogP contribution in [0.2, 0.25) is 0 Å². The van der Waals surface area contributed by atoms with E-state index >= 15 is 0 Å². The molecule has 0 amide bonds. The van der Waals surface area contributed by atoms with Crippen molar-refractivity contribution in [1.29, 1.82) is 0 Å². The maximum atomic E-state index is 5.73. The van der Waals surface area contributed by atoms with Crippen LogP contribution in [0.4, 0.5) is 5.69 Å². The first kappa shape index (κ1) is 10.3. The number of nitrogens with zero attached hydrogens (tertiary/aromatic N) is 2. The highest BCUT2D eigenvalue weighted by Crippen LogP contribution is 2.39. The SMILES string of the molecule is Nc1cccc(CCc2nnc(C3CC3)o2)c1. The molecule has 1 aliphatic carbocycles. The molecule has 88 valence electrons. The summed E-state index contributed by atoms with van der Waals surface area (Å²) in [7, 11) is 0. The van der Waals surface area contributed by atoms with Gasteiger partial charge in [0.25, 0.3) is 0 Å². The molecule has 17 heavy (non-hydrogen) atoms. The summed E-state index contributed by atoms with van der Waals surface area (Å²) in [6, 6.07) is 7.90. The van der Waals surface area contributed by atoms with E-state index in [0.717, 1.165) is 30.3 Å². The van der Waals surface area contributed by atoms with Crippen molar-refractivity contribution in [3.05, 3.63) is 41.6 Å². The Kier molecular flexibility index (Phi) is 2.55. The Bertz CT molecular complexity index is 517. The Hall–Kier alpha value is -1.84. The first-order valence-corrected chi connectivity index (χ1v) is 5.98.